The Labute approximate surface area is 128 Å². The normalized spacial score (nSPS) is 10.4. The Morgan fingerprint density at radius 2 is 1.82 bits per heavy atom. The molecule has 1 aromatic heterocycles. The van der Waals surface area contributed by atoms with Crippen LogP contribution in [0.3, 0.4) is 0 Å². The minimum Gasteiger partial charge on any atom is -0.481 e. The molecule has 1 aromatic carbocycles. The summed E-state index contributed by atoms with van der Waals surface area (Å²) < 4.78 is 0. The highest BCUT2D eigenvalue weighted by Gasteiger charge is 2.02. The molecule has 0 aliphatic rings. The Kier molecular flexibility index (Phi) is 5.71. The van der Waals surface area contributed by atoms with E-state index >= 15 is 0 Å². The zero-order valence-corrected chi connectivity index (χ0v) is 12.2. The molecule has 0 saturated carbocycles. The number of aliphatic carboxylic acids is 1. The van der Waals surface area contributed by atoms with Crippen molar-refractivity contribution in [2.45, 2.75) is 19.3 Å². The molecule has 0 bridgehead atoms. The molecule has 1 heterocycles. The lowest BCUT2D eigenvalue weighted by atomic mass is 10.2. The fourth-order valence-corrected chi connectivity index (χ4v) is 2.06. The highest BCUT2D eigenvalue weighted by atomic mass is 16.4. The largest absolute Gasteiger partial charge is 0.481 e. The number of para-hydroxylation sites is 1. The van der Waals surface area contributed by atoms with Crippen LogP contribution in [-0.4, -0.2) is 35.2 Å². The van der Waals surface area contributed by atoms with Gasteiger partial charge in [0, 0.05) is 37.0 Å². The number of aromatic nitrogens is 1. The molecule has 0 aliphatic heterocycles. The number of urea groups is 1. The first-order chi connectivity index (χ1) is 10.6. The van der Waals surface area contributed by atoms with Gasteiger partial charge in [-0.1, -0.05) is 24.3 Å². The number of benzene rings is 1. The molecule has 0 radical (unpaired) electrons. The number of carbonyl (C=O) groups excluding carboxylic acids is 1. The molecule has 3 N–H and O–H groups in total. The van der Waals surface area contributed by atoms with E-state index in [1.54, 1.807) is 0 Å². The fraction of sp³-hybridized carbons (Fsp3) is 0.312. The van der Waals surface area contributed by atoms with Gasteiger partial charge in [-0.3, -0.25) is 9.78 Å². The molecule has 0 unspecified atom stereocenters. The zero-order chi connectivity index (χ0) is 15.8. The van der Waals surface area contributed by atoms with E-state index in [9.17, 15) is 9.59 Å². The SMILES string of the molecule is O=C(O)CCCNC(=O)NCCc1ccc2ccccc2n1. The van der Waals surface area contributed by atoms with Crippen LogP contribution in [-0.2, 0) is 11.2 Å². The summed E-state index contributed by atoms with van der Waals surface area (Å²) in [6.07, 6.45) is 1.13. The lowest BCUT2D eigenvalue weighted by Crippen LogP contribution is -2.37. The molecular weight excluding hydrogens is 282 g/mol. The number of amides is 2. The number of carboxylic acids is 1. The number of carbonyl (C=O) groups is 2. The van der Waals surface area contributed by atoms with E-state index in [2.05, 4.69) is 15.6 Å². The van der Waals surface area contributed by atoms with Crippen LogP contribution in [0.2, 0.25) is 0 Å². The summed E-state index contributed by atoms with van der Waals surface area (Å²) in [5.41, 5.74) is 1.86. The van der Waals surface area contributed by atoms with Crippen molar-refractivity contribution >= 4 is 22.9 Å². The topological polar surface area (TPSA) is 91.3 Å². The van der Waals surface area contributed by atoms with Gasteiger partial charge in [-0.05, 0) is 18.6 Å². The summed E-state index contributed by atoms with van der Waals surface area (Å²) >= 11 is 0. The maximum Gasteiger partial charge on any atom is 0.314 e. The summed E-state index contributed by atoms with van der Waals surface area (Å²) in [6, 6.07) is 11.6. The number of nitrogens with zero attached hydrogens (tertiary/aromatic N) is 1. The molecule has 2 rings (SSSR count). The van der Waals surface area contributed by atoms with E-state index in [4.69, 9.17) is 5.11 Å². The molecule has 6 nitrogen and oxygen atoms in total. The number of nitrogens with one attached hydrogen (secondary N) is 2. The Balaban J connectivity index is 1.70. The highest BCUT2D eigenvalue weighted by molar-refractivity contribution is 5.78. The summed E-state index contributed by atoms with van der Waals surface area (Å²) in [7, 11) is 0. The van der Waals surface area contributed by atoms with Gasteiger partial charge in [0.15, 0.2) is 0 Å². The minimum absolute atomic E-state index is 0.0568. The van der Waals surface area contributed by atoms with Crippen molar-refractivity contribution in [2.75, 3.05) is 13.1 Å². The molecule has 0 atom stereocenters. The van der Waals surface area contributed by atoms with Gasteiger partial charge in [0.1, 0.15) is 0 Å². The van der Waals surface area contributed by atoms with Gasteiger partial charge in [0.05, 0.1) is 5.52 Å². The Morgan fingerprint density at radius 1 is 1.05 bits per heavy atom. The predicted octanol–water partition coefficient (Wildman–Crippen LogP) is 1.94. The van der Waals surface area contributed by atoms with Crippen molar-refractivity contribution in [1.29, 1.82) is 0 Å². The van der Waals surface area contributed by atoms with E-state index in [0.29, 0.717) is 25.9 Å². The maximum atomic E-state index is 11.5. The van der Waals surface area contributed by atoms with Crippen LogP contribution >= 0.6 is 0 Å². The number of pyridine rings is 1. The Morgan fingerprint density at radius 3 is 2.64 bits per heavy atom. The summed E-state index contributed by atoms with van der Waals surface area (Å²) in [6.45, 7) is 0.836. The molecule has 0 spiro atoms. The van der Waals surface area contributed by atoms with Crippen molar-refractivity contribution in [2.24, 2.45) is 0 Å². The molecule has 116 valence electrons. The van der Waals surface area contributed by atoms with Gasteiger partial charge >= 0.3 is 12.0 Å². The summed E-state index contributed by atoms with van der Waals surface area (Å²) in [4.78, 5) is 26.4. The molecule has 2 aromatic rings. The lowest BCUT2D eigenvalue weighted by molar-refractivity contribution is -0.137. The van der Waals surface area contributed by atoms with Crippen molar-refractivity contribution < 1.29 is 14.7 Å². The number of carboxylic acid groups (broad SMARTS) is 1. The first kappa shape index (κ1) is 15.8. The van der Waals surface area contributed by atoms with Gasteiger partial charge in [-0.25, -0.2) is 4.79 Å². The zero-order valence-electron chi connectivity index (χ0n) is 12.2. The molecule has 0 fully saturated rings. The molecular formula is C16H19N3O3. The number of fused-ring (bicyclic) bond motifs is 1. The van der Waals surface area contributed by atoms with Crippen LogP contribution in [0.1, 0.15) is 18.5 Å². The van der Waals surface area contributed by atoms with Crippen molar-refractivity contribution in [3.05, 3.63) is 42.1 Å². The first-order valence-electron chi connectivity index (χ1n) is 7.23. The molecule has 22 heavy (non-hydrogen) atoms. The average molecular weight is 301 g/mol. The second kappa shape index (κ2) is 7.97. The maximum absolute atomic E-state index is 11.5. The van der Waals surface area contributed by atoms with Gasteiger partial charge in [0.25, 0.3) is 0 Å². The smallest absolute Gasteiger partial charge is 0.314 e. The fourth-order valence-electron chi connectivity index (χ4n) is 2.06. The van der Waals surface area contributed by atoms with E-state index < -0.39 is 5.97 Å². The Bertz CT molecular complexity index is 658. The van der Waals surface area contributed by atoms with E-state index in [-0.39, 0.29) is 12.5 Å². The lowest BCUT2D eigenvalue weighted by Gasteiger charge is -2.07. The third-order valence-electron chi connectivity index (χ3n) is 3.18. The average Bonchev–Trinajstić information content (AvgIpc) is 2.51. The summed E-state index contributed by atoms with van der Waals surface area (Å²) in [5.74, 6) is -0.857. The molecule has 2 amide bonds. The van der Waals surface area contributed by atoms with Gasteiger partial charge in [-0.2, -0.15) is 0 Å². The van der Waals surface area contributed by atoms with E-state index in [0.717, 1.165) is 16.6 Å². The first-order valence-corrected chi connectivity index (χ1v) is 7.23. The predicted molar refractivity (Wildman–Crippen MR) is 83.7 cm³/mol. The highest BCUT2D eigenvalue weighted by Crippen LogP contribution is 2.11. The Hall–Kier alpha value is -2.63. The van der Waals surface area contributed by atoms with Gasteiger partial charge < -0.3 is 15.7 Å². The van der Waals surface area contributed by atoms with Crippen LogP contribution in [0.5, 0.6) is 0 Å². The third-order valence-corrected chi connectivity index (χ3v) is 3.18. The van der Waals surface area contributed by atoms with Crippen molar-refractivity contribution in [3.63, 3.8) is 0 Å². The molecule has 0 aliphatic carbocycles. The standard InChI is InChI=1S/C16H19N3O3/c20-15(21)6-3-10-17-16(22)18-11-9-13-8-7-12-4-1-2-5-14(12)19-13/h1-2,4-5,7-8H,3,6,9-11H2,(H,20,21)(H2,17,18,22). The number of rotatable bonds is 7. The van der Waals surface area contributed by atoms with Crippen LogP contribution in [0.25, 0.3) is 10.9 Å². The molecule has 0 saturated heterocycles. The number of hydrogen-bond acceptors (Lipinski definition) is 3. The minimum atomic E-state index is -0.857. The van der Waals surface area contributed by atoms with Crippen LogP contribution < -0.4 is 10.6 Å². The number of hydrogen-bond donors (Lipinski definition) is 3. The van der Waals surface area contributed by atoms with E-state index in [1.807, 2.05) is 36.4 Å². The van der Waals surface area contributed by atoms with Gasteiger partial charge in [0.2, 0.25) is 0 Å². The van der Waals surface area contributed by atoms with Gasteiger partial charge in [-0.15, -0.1) is 0 Å². The van der Waals surface area contributed by atoms with Crippen molar-refractivity contribution in [3.8, 4) is 0 Å². The van der Waals surface area contributed by atoms with Crippen LogP contribution in [0, 0.1) is 0 Å². The van der Waals surface area contributed by atoms with Crippen LogP contribution in [0.4, 0.5) is 4.79 Å². The quantitative estimate of drug-likeness (QED) is 0.682. The molecule has 6 heteroatoms. The summed E-state index contributed by atoms with van der Waals surface area (Å²) in [5, 5.41) is 14.9. The monoisotopic (exact) mass is 301 g/mol. The second-order valence-electron chi connectivity index (χ2n) is 4.93. The van der Waals surface area contributed by atoms with E-state index in [1.165, 1.54) is 0 Å². The second-order valence-corrected chi connectivity index (χ2v) is 4.93. The third kappa shape index (κ3) is 5.05. The van der Waals surface area contributed by atoms with Crippen LogP contribution in [0.15, 0.2) is 36.4 Å². The van der Waals surface area contributed by atoms with Crippen molar-refractivity contribution in [1.82, 2.24) is 15.6 Å².